The van der Waals surface area contributed by atoms with E-state index in [4.69, 9.17) is 0 Å². The average Bonchev–Trinajstić information content (AvgIpc) is 2.24. The van der Waals surface area contributed by atoms with Gasteiger partial charge in [0, 0.05) is 19.6 Å². The minimum Gasteiger partial charge on any atom is -0.354 e. The monoisotopic (exact) mass is 219 g/mol. The molecular formula is C13H21N3. The van der Waals surface area contributed by atoms with Crippen molar-refractivity contribution in [2.45, 2.75) is 33.4 Å². The van der Waals surface area contributed by atoms with Gasteiger partial charge in [0.15, 0.2) is 5.96 Å². The number of nitrogens with zero attached hydrogens (tertiary/aromatic N) is 1. The lowest BCUT2D eigenvalue weighted by Gasteiger charge is -2.14. The van der Waals surface area contributed by atoms with Gasteiger partial charge in [-0.25, -0.2) is 0 Å². The average molecular weight is 219 g/mol. The van der Waals surface area contributed by atoms with Crippen molar-refractivity contribution in [2.75, 3.05) is 7.05 Å². The van der Waals surface area contributed by atoms with Crippen molar-refractivity contribution in [3.05, 3.63) is 35.4 Å². The van der Waals surface area contributed by atoms with Crippen LogP contribution in [0.3, 0.4) is 0 Å². The second-order valence-electron chi connectivity index (χ2n) is 4.21. The number of rotatable bonds is 3. The largest absolute Gasteiger partial charge is 0.354 e. The molecule has 0 saturated heterocycles. The highest BCUT2D eigenvalue weighted by Crippen LogP contribution is 2.02. The lowest BCUT2D eigenvalue weighted by Crippen LogP contribution is -2.40. The Morgan fingerprint density at radius 3 is 2.69 bits per heavy atom. The summed E-state index contributed by atoms with van der Waals surface area (Å²) in [7, 11) is 1.79. The molecule has 0 saturated carbocycles. The van der Waals surface area contributed by atoms with Crippen LogP contribution in [-0.2, 0) is 6.54 Å². The van der Waals surface area contributed by atoms with Gasteiger partial charge in [-0.2, -0.15) is 0 Å². The van der Waals surface area contributed by atoms with E-state index in [-0.39, 0.29) is 0 Å². The van der Waals surface area contributed by atoms with Crippen LogP contribution < -0.4 is 10.6 Å². The maximum Gasteiger partial charge on any atom is 0.191 e. The zero-order valence-corrected chi connectivity index (χ0v) is 10.5. The number of aryl methyl sites for hydroxylation is 1. The maximum atomic E-state index is 4.16. The minimum atomic E-state index is 0.392. The van der Waals surface area contributed by atoms with Crippen molar-refractivity contribution in [3.63, 3.8) is 0 Å². The van der Waals surface area contributed by atoms with Crippen LogP contribution in [0.1, 0.15) is 25.0 Å². The standard InChI is InChI=1S/C13H21N3/c1-10(2)16-13(14-4)15-9-12-7-5-6-11(3)8-12/h5-8,10H,9H2,1-4H3,(H2,14,15,16). The Balaban J connectivity index is 2.50. The summed E-state index contributed by atoms with van der Waals surface area (Å²) >= 11 is 0. The van der Waals surface area contributed by atoms with Crippen molar-refractivity contribution in [3.8, 4) is 0 Å². The van der Waals surface area contributed by atoms with Gasteiger partial charge in [-0.1, -0.05) is 29.8 Å². The lowest BCUT2D eigenvalue weighted by molar-refractivity contribution is 0.699. The summed E-state index contributed by atoms with van der Waals surface area (Å²) < 4.78 is 0. The molecule has 0 aromatic heterocycles. The number of guanidine groups is 1. The second-order valence-corrected chi connectivity index (χ2v) is 4.21. The zero-order chi connectivity index (χ0) is 12.0. The first-order valence-corrected chi connectivity index (χ1v) is 5.64. The van der Waals surface area contributed by atoms with Crippen LogP contribution >= 0.6 is 0 Å². The van der Waals surface area contributed by atoms with Crippen molar-refractivity contribution in [1.29, 1.82) is 0 Å². The summed E-state index contributed by atoms with van der Waals surface area (Å²) in [6, 6.07) is 8.86. The highest BCUT2D eigenvalue weighted by molar-refractivity contribution is 5.79. The molecule has 0 fully saturated rings. The molecule has 3 heteroatoms. The Morgan fingerprint density at radius 1 is 1.38 bits per heavy atom. The number of benzene rings is 1. The van der Waals surface area contributed by atoms with E-state index in [1.807, 2.05) is 0 Å². The lowest BCUT2D eigenvalue weighted by atomic mass is 10.1. The Labute approximate surface area is 98.0 Å². The van der Waals surface area contributed by atoms with Crippen molar-refractivity contribution in [2.24, 2.45) is 4.99 Å². The summed E-state index contributed by atoms with van der Waals surface area (Å²) in [5, 5.41) is 6.54. The van der Waals surface area contributed by atoms with Crippen LogP contribution in [0.5, 0.6) is 0 Å². The molecule has 3 nitrogen and oxygen atoms in total. The Morgan fingerprint density at radius 2 is 2.12 bits per heavy atom. The van der Waals surface area contributed by atoms with Gasteiger partial charge in [-0.05, 0) is 26.3 Å². The van der Waals surface area contributed by atoms with Gasteiger partial charge in [0.05, 0.1) is 0 Å². The minimum absolute atomic E-state index is 0.392. The first-order chi connectivity index (χ1) is 7.61. The molecule has 0 heterocycles. The normalized spacial score (nSPS) is 11.7. The van der Waals surface area contributed by atoms with Crippen molar-refractivity contribution in [1.82, 2.24) is 10.6 Å². The van der Waals surface area contributed by atoms with Crippen LogP contribution in [0.25, 0.3) is 0 Å². The van der Waals surface area contributed by atoms with Gasteiger partial charge in [-0.15, -0.1) is 0 Å². The van der Waals surface area contributed by atoms with Crippen LogP contribution in [0.15, 0.2) is 29.3 Å². The fourth-order valence-electron chi connectivity index (χ4n) is 1.48. The van der Waals surface area contributed by atoms with Gasteiger partial charge >= 0.3 is 0 Å². The first-order valence-electron chi connectivity index (χ1n) is 5.64. The predicted octanol–water partition coefficient (Wildman–Crippen LogP) is 2.07. The molecule has 0 atom stereocenters. The Bertz CT molecular complexity index is 356. The van der Waals surface area contributed by atoms with E-state index in [9.17, 15) is 0 Å². The summed E-state index contributed by atoms with van der Waals surface area (Å²) in [6.45, 7) is 7.10. The molecule has 1 aromatic rings. The van der Waals surface area contributed by atoms with Crippen LogP contribution in [0, 0.1) is 6.92 Å². The van der Waals surface area contributed by atoms with Gasteiger partial charge in [0.25, 0.3) is 0 Å². The maximum absolute atomic E-state index is 4.16. The molecular weight excluding hydrogens is 198 g/mol. The van der Waals surface area contributed by atoms with E-state index in [0.29, 0.717) is 6.04 Å². The molecule has 0 aliphatic heterocycles. The van der Waals surface area contributed by atoms with E-state index in [1.165, 1.54) is 11.1 Å². The summed E-state index contributed by atoms with van der Waals surface area (Å²) in [4.78, 5) is 4.16. The number of aliphatic imine (C=N–C) groups is 1. The first kappa shape index (κ1) is 12.6. The molecule has 1 aromatic carbocycles. The van der Waals surface area contributed by atoms with Crippen molar-refractivity contribution >= 4 is 5.96 Å². The van der Waals surface area contributed by atoms with E-state index in [1.54, 1.807) is 7.05 Å². The van der Waals surface area contributed by atoms with Crippen LogP contribution in [0.2, 0.25) is 0 Å². The quantitative estimate of drug-likeness (QED) is 0.603. The highest BCUT2D eigenvalue weighted by atomic mass is 15.2. The second kappa shape index (κ2) is 6.16. The SMILES string of the molecule is CN=C(NCc1cccc(C)c1)NC(C)C. The molecule has 0 amide bonds. The summed E-state index contributed by atoms with van der Waals surface area (Å²) in [5.74, 6) is 0.844. The molecule has 88 valence electrons. The predicted molar refractivity (Wildman–Crippen MR) is 69.6 cm³/mol. The molecule has 0 unspecified atom stereocenters. The molecule has 2 N–H and O–H groups in total. The molecule has 0 aliphatic rings. The zero-order valence-electron chi connectivity index (χ0n) is 10.5. The fraction of sp³-hybridized carbons (Fsp3) is 0.462. The smallest absolute Gasteiger partial charge is 0.191 e. The van der Waals surface area contributed by atoms with E-state index < -0.39 is 0 Å². The Hall–Kier alpha value is -1.51. The third kappa shape index (κ3) is 4.34. The van der Waals surface area contributed by atoms with Gasteiger partial charge in [0.2, 0.25) is 0 Å². The van der Waals surface area contributed by atoms with Gasteiger partial charge < -0.3 is 10.6 Å². The van der Waals surface area contributed by atoms with E-state index in [0.717, 1.165) is 12.5 Å². The van der Waals surface area contributed by atoms with Gasteiger partial charge in [-0.3, -0.25) is 4.99 Å². The van der Waals surface area contributed by atoms with Crippen molar-refractivity contribution < 1.29 is 0 Å². The number of hydrogen-bond donors (Lipinski definition) is 2. The third-order valence-corrected chi connectivity index (χ3v) is 2.19. The molecule has 16 heavy (non-hydrogen) atoms. The van der Waals surface area contributed by atoms with Gasteiger partial charge in [0.1, 0.15) is 0 Å². The molecule has 1 rings (SSSR count). The topological polar surface area (TPSA) is 36.4 Å². The molecule has 0 bridgehead atoms. The Kier molecular flexibility index (Phi) is 4.83. The third-order valence-electron chi connectivity index (χ3n) is 2.19. The summed E-state index contributed by atoms with van der Waals surface area (Å²) in [6.07, 6.45) is 0. The van der Waals surface area contributed by atoms with E-state index in [2.05, 4.69) is 60.7 Å². The molecule has 0 radical (unpaired) electrons. The number of hydrogen-bond acceptors (Lipinski definition) is 1. The van der Waals surface area contributed by atoms with Crippen LogP contribution in [-0.4, -0.2) is 19.0 Å². The van der Waals surface area contributed by atoms with Crippen LogP contribution in [0.4, 0.5) is 0 Å². The number of nitrogens with one attached hydrogen (secondary N) is 2. The van der Waals surface area contributed by atoms with E-state index >= 15 is 0 Å². The highest BCUT2D eigenvalue weighted by Gasteiger charge is 1.99. The molecule has 0 aliphatic carbocycles. The molecule has 0 spiro atoms. The fourth-order valence-corrected chi connectivity index (χ4v) is 1.48. The summed E-state index contributed by atoms with van der Waals surface area (Å²) in [5.41, 5.74) is 2.55.